The summed E-state index contributed by atoms with van der Waals surface area (Å²) in [6, 6.07) is 16.4. The number of hydrogen-bond acceptors (Lipinski definition) is 5. The predicted octanol–water partition coefficient (Wildman–Crippen LogP) is 4.13. The molecule has 1 fully saturated rings. The number of aliphatic carboxylic acids is 1. The quantitative estimate of drug-likeness (QED) is 0.519. The molecule has 9 heteroatoms. The number of carboxylic acid groups (broad SMARTS) is 1. The molecule has 176 valence electrons. The number of carbonyl (C=O) groups is 2. The molecule has 3 aromatic rings. The molecule has 0 radical (unpaired) electrons. The van der Waals surface area contributed by atoms with Crippen LogP contribution in [0.1, 0.15) is 29.3 Å². The molecule has 5 rings (SSSR count). The number of halogens is 1. The van der Waals surface area contributed by atoms with Crippen molar-refractivity contribution in [3.63, 3.8) is 0 Å². The van der Waals surface area contributed by atoms with Crippen LogP contribution in [-0.2, 0) is 26.9 Å². The summed E-state index contributed by atoms with van der Waals surface area (Å²) in [5.74, 6) is -0.542. The van der Waals surface area contributed by atoms with Crippen LogP contribution >= 0.6 is 15.9 Å². The first-order valence-electron chi connectivity index (χ1n) is 11.0. The van der Waals surface area contributed by atoms with Gasteiger partial charge in [-0.15, -0.1) is 0 Å². The lowest BCUT2D eigenvalue weighted by Crippen LogP contribution is -2.39. The van der Waals surface area contributed by atoms with Crippen LogP contribution in [0.5, 0.6) is 0 Å². The Bertz CT molecular complexity index is 1210. The Morgan fingerprint density at radius 1 is 1.15 bits per heavy atom. The van der Waals surface area contributed by atoms with Gasteiger partial charge in [0.2, 0.25) is 0 Å². The average Bonchev–Trinajstić information content (AvgIpc) is 3.50. The second-order valence-electron chi connectivity index (χ2n) is 8.65. The van der Waals surface area contributed by atoms with Crippen LogP contribution in [0, 0.1) is 0 Å². The summed E-state index contributed by atoms with van der Waals surface area (Å²) in [6.45, 7) is 0.276. The van der Waals surface area contributed by atoms with Crippen LogP contribution in [0.3, 0.4) is 0 Å². The third-order valence-corrected chi connectivity index (χ3v) is 6.93. The maximum atomic E-state index is 13.1. The minimum atomic E-state index is -1.08. The number of aryl methyl sites for hydroxylation is 1. The van der Waals surface area contributed by atoms with Gasteiger partial charge in [0, 0.05) is 32.1 Å². The Labute approximate surface area is 205 Å². The molecule has 1 aliphatic heterocycles. The van der Waals surface area contributed by atoms with E-state index in [0.717, 1.165) is 11.1 Å². The van der Waals surface area contributed by atoms with Gasteiger partial charge in [-0.2, -0.15) is 0 Å². The molecule has 2 aromatic carbocycles. The van der Waals surface area contributed by atoms with Gasteiger partial charge in [0.15, 0.2) is 0 Å². The molecule has 1 amide bonds. The van der Waals surface area contributed by atoms with E-state index in [0.29, 0.717) is 23.4 Å². The van der Waals surface area contributed by atoms with Crippen molar-refractivity contribution >= 4 is 28.0 Å². The zero-order valence-corrected chi connectivity index (χ0v) is 20.2. The van der Waals surface area contributed by atoms with Crippen LogP contribution in [-0.4, -0.2) is 57.9 Å². The van der Waals surface area contributed by atoms with Crippen molar-refractivity contribution < 1.29 is 24.2 Å². The Balaban J connectivity index is 1.32. The minimum absolute atomic E-state index is 0.0301. The molecule has 0 bridgehead atoms. The number of imidazole rings is 1. The molecular weight excluding hydrogens is 502 g/mol. The highest BCUT2D eigenvalue weighted by Crippen LogP contribution is 2.44. The molecule has 34 heavy (non-hydrogen) atoms. The van der Waals surface area contributed by atoms with Crippen LogP contribution in [0.4, 0.5) is 4.79 Å². The van der Waals surface area contributed by atoms with Crippen molar-refractivity contribution in [1.82, 2.24) is 14.5 Å². The van der Waals surface area contributed by atoms with Crippen LogP contribution in [0.2, 0.25) is 0 Å². The highest BCUT2D eigenvalue weighted by molar-refractivity contribution is 9.10. The van der Waals surface area contributed by atoms with Gasteiger partial charge in [0.25, 0.3) is 0 Å². The van der Waals surface area contributed by atoms with E-state index in [2.05, 4.69) is 45.2 Å². The van der Waals surface area contributed by atoms with Crippen molar-refractivity contribution in [1.29, 1.82) is 0 Å². The first-order valence-corrected chi connectivity index (χ1v) is 11.8. The maximum absolute atomic E-state index is 13.1. The van der Waals surface area contributed by atoms with Crippen molar-refractivity contribution in [3.05, 3.63) is 76.3 Å². The van der Waals surface area contributed by atoms with Crippen LogP contribution in [0.15, 0.2) is 59.3 Å². The summed E-state index contributed by atoms with van der Waals surface area (Å²) < 4.78 is 14.0. The van der Waals surface area contributed by atoms with E-state index in [4.69, 9.17) is 9.47 Å². The van der Waals surface area contributed by atoms with E-state index < -0.39 is 24.3 Å². The molecule has 1 aromatic heterocycles. The van der Waals surface area contributed by atoms with Crippen molar-refractivity contribution in [2.45, 2.75) is 17.9 Å². The fraction of sp³-hybridized carbons (Fsp3) is 0.320. The highest BCUT2D eigenvalue weighted by atomic mass is 79.9. The third-order valence-electron chi connectivity index (χ3n) is 6.55. The number of benzene rings is 2. The average molecular weight is 526 g/mol. The second kappa shape index (κ2) is 8.88. The number of likely N-dealkylation sites (tertiary alicyclic amines) is 1. The molecular formula is C25H24BrN3O5. The number of nitrogens with zero attached hydrogens (tertiary/aromatic N) is 3. The number of fused-ring (bicyclic) bond motifs is 3. The molecule has 1 saturated heterocycles. The van der Waals surface area contributed by atoms with E-state index in [-0.39, 0.29) is 19.1 Å². The van der Waals surface area contributed by atoms with E-state index in [1.807, 2.05) is 31.3 Å². The smallest absolute Gasteiger partial charge is 0.409 e. The Hall–Kier alpha value is -3.17. The monoisotopic (exact) mass is 525 g/mol. The summed E-state index contributed by atoms with van der Waals surface area (Å²) >= 11 is 3.36. The minimum Gasteiger partial charge on any atom is -0.480 e. The third kappa shape index (κ3) is 3.99. The van der Waals surface area contributed by atoms with Crippen molar-refractivity contribution in [3.8, 4) is 11.1 Å². The van der Waals surface area contributed by atoms with E-state index in [1.165, 1.54) is 11.1 Å². The summed E-state index contributed by atoms with van der Waals surface area (Å²) in [5.41, 5.74) is 3.61. The number of carbonyl (C=O) groups excluding carboxylic acids is 1. The number of hydrogen-bond donors (Lipinski definition) is 1. The lowest BCUT2D eigenvalue weighted by molar-refractivity contribution is -0.150. The molecule has 2 heterocycles. The normalized spacial score (nSPS) is 19.2. The topological polar surface area (TPSA) is 93.9 Å². The standard InChI is InChI=1S/C25H24BrN3O5/c1-28-12-21(26)27-23(28)25(34-14-22(30)31)10-11-29(15-25)24(32)33-13-20-18-8-4-2-6-16(18)17-7-3-5-9-19(17)20/h2-9,12,20H,10-11,13-15H2,1H3,(H,30,31). The number of carboxylic acids is 1. The number of amides is 1. The lowest BCUT2D eigenvalue weighted by Gasteiger charge is -2.28. The van der Waals surface area contributed by atoms with Crippen LogP contribution in [0.25, 0.3) is 11.1 Å². The van der Waals surface area contributed by atoms with E-state index in [9.17, 15) is 14.7 Å². The summed E-state index contributed by atoms with van der Waals surface area (Å²) in [6.07, 6.45) is 1.75. The lowest BCUT2D eigenvalue weighted by atomic mass is 9.98. The van der Waals surface area contributed by atoms with Gasteiger partial charge >= 0.3 is 12.1 Å². The first kappa shape index (κ1) is 22.6. The van der Waals surface area contributed by atoms with E-state index >= 15 is 0 Å². The fourth-order valence-electron chi connectivity index (χ4n) is 5.04. The SMILES string of the molecule is Cn1cc(Br)nc1C1(OCC(=O)O)CCN(C(=O)OCC2c3ccccc3-c3ccccc32)C1. The van der Waals surface area contributed by atoms with Crippen molar-refractivity contribution in [2.75, 3.05) is 26.3 Å². The summed E-state index contributed by atoms with van der Waals surface area (Å²) in [5, 5.41) is 9.18. The molecule has 1 unspecified atom stereocenters. The Morgan fingerprint density at radius 2 is 1.79 bits per heavy atom. The Morgan fingerprint density at radius 3 is 2.38 bits per heavy atom. The predicted molar refractivity (Wildman–Crippen MR) is 127 cm³/mol. The van der Waals surface area contributed by atoms with Gasteiger partial charge in [-0.1, -0.05) is 48.5 Å². The second-order valence-corrected chi connectivity index (χ2v) is 9.46. The molecule has 1 N–H and O–H groups in total. The zero-order valence-electron chi connectivity index (χ0n) is 18.6. The molecule has 2 aliphatic rings. The van der Waals surface area contributed by atoms with Gasteiger partial charge in [-0.25, -0.2) is 14.6 Å². The van der Waals surface area contributed by atoms with Gasteiger partial charge in [-0.05, 0) is 38.2 Å². The van der Waals surface area contributed by atoms with Gasteiger partial charge in [0.1, 0.15) is 29.2 Å². The molecule has 1 atom stereocenters. The molecule has 8 nitrogen and oxygen atoms in total. The Kier molecular flexibility index (Phi) is 5.91. The van der Waals surface area contributed by atoms with Gasteiger partial charge in [-0.3, -0.25) is 0 Å². The fourth-order valence-corrected chi connectivity index (χ4v) is 5.52. The van der Waals surface area contributed by atoms with Gasteiger partial charge in [0.05, 0.1) is 6.54 Å². The summed E-state index contributed by atoms with van der Waals surface area (Å²) in [7, 11) is 1.81. The summed E-state index contributed by atoms with van der Waals surface area (Å²) in [4.78, 5) is 30.3. The highest BCUT2D eigenvalue weighted by Gasteiger charge is 2.46. The largest absolute Gasteiger partial charge is 0.480 e. The molecule has 0 spiro atoms. The van der Waals surface area contributed by atoms with Crippen LogP contribution < -0.4 is 0 Å². The molecule has 0 saturated carbocycles. The molecule has 1 aliphatic carbocycles. The number of ether oxygens (including phenoxy) is 2. The zero-order chi connectivity index (χ0) is 23.9. The number of rotatable bonds is 6. The first-order chi connectivity index (χ1) is 16.4. The van der Waals surface area contributed by atoms with Crippen molar-refractivity contribution in [2.24, 2.45) is 7.05 Å². The maximum Gasteiger partial charge on any atom is 0.409 e. The number of aromatic nitrogens is 2. The van der Waals surface area contributed by atoms with Gasteiger partial charge < -0.3 is 24.0 Å². The van der Waals surface area contributed by atoms with E-state index in [1.54, 1.807) is 15.7 Å².